The first-order valence-electron chi connectivity index (χ1n) is 7.53. The van der Waals surface area contributed by atoms with Crippen LogP contribution in [0, 0.1) is 0 Å². The van der Waals surface area contributed by atoms with Crippen molar-refractivity contribution in [2.45, 2.75) is 0 Å². The highest BCUT2D eigenvalue weighted by molar-refractivity contribution is 6.00. The Bertz CT molecular complexity index is 864. The van der Waals surface area contributed by atoms with Gasteiger partial charge in [0.2, 0.25) is 0 Å². The van der Waals surface area contributed by atoms with Crippen molar-refractivity contribution >= 4 is 17.4 Å². The maximum Gasteiger partial charge on any atom is 0.323 e. The Morgan fingerprint density at radius 2 is 1.48 bits per heavy atom. The SMILES string of the molecule is O=C(Nc1ccc(Oc2ccccc2)cc1)Nc1ccc(O)cc1O. The summed E-state index contributed by atoms with van der Waals surface area (Å²) >= 11 is 0. The van der Waals surface area contributed by atoms with Gasteiger partial charge in [0.15, 0.2) is 0 Å². The van der Waals surface area contributed by atoms with Gasteiger partial charge >= 0.3 is 6.03 Å². The van der Waals surface area contributed by atoms with E-state index in [-0.39, 0.29) is 17.2 Å². The van der Waals surface area contributed by atoms with Crippen LogP contribution in [0.2, 0.25) is 0 Å². The molecule has 0 bridgehead atoms. The topological polar surface area (TPSA) is 90.8 Å². The van der Waals surface area contributed by atoms with Crippen LogP contribution < -0.4 is 15.4 Å². The number of phenols is 2. The van der Waals surface area contributed by atoms with Gasteiger partial charge in [-0.3, -0.25) is 0 Å². The number of nitrogens with one attached hydrogen (secondary N) is 2. The second kappa shape index (κ2) is 7.27. The average molecular weight is 336 g/mol. The molecule has 0 radical (unpaired) electrons. The molecule has 0 aliphatic rings. The lowest BCUT2D eigenvalue weighted by Crippen LogP contribution is -2.19. The monoisotopic (exact) mass is 336 g/mol. The lowest BCUT2D eigenvalue weighted by molar-refractivity contribution is 0.262. The van der Waals surface area contributed by atoms with Gasteiger partial charge in [0, 0.05) is 11.8 Å². The summed E-state index contributed by atoms with van der Waals surface area (Å²) in [6.07, 6.45) is 0. The Morgan fingerprint density at radius 3 is 2.16 bits per heavy atom. The Labute approximate surface area is 144 Å². The van der Waals surface area contributed by atoms with Gasteiger partial charge in [-0.2, -0.15) is 0 Å². The largest absolute Gasteiger partial charge is 0.508 e. The van der Waals surface area contributed by atoms with E-state index >= 15 is 0 Å². The van der Waals surface area contributed by atoms with Crippen LogP contribution in [0.15, 0.2) is 72.8 Å². The van der Waals surface area contributed by atoms with E-state index in [1.807, 2.05) is 30.3 Å². The molecule has 0 atom stereocenters. The van der Waals surface area contributed by atoms with Crippen molar-refractivity contribution in [2.75, 3.05) is 10.6 Å². The molecule has 0 saturated heterocycles. The molecule has 0 fully saturated rings. The summed E-state index contributed by atoms with van der Waals surface area (Å²) in [5.41, 5.74) is 0.760. The van der Waals surface area contributed by atoms with Gasteiger partial charge < -0.3 is 25.6 Å². The van der Waals surface area contributed by atoms with Crippen molar-refractivity contribution < 1.29 is 19.7 Å². The van der Waals surface area contributed by atoms with Crippen molar-refractivity contribution in [1.82, 2.24) is 0 Å². The number of hydrogen-bond acceptors (Lipinski definition) is 4. The normalized spacial score (nSPS) is 10.1. The van der Waals surface area contributed by atoms with Crippen molar-refractivity contribution in [3.8, 4) is 23.0 Å². The highest BCUT2D eigenvalue weighted by Gasteiger charge is 2.07. The highest BCUT2D eigenvalue weighted by atomic mass is 16.5. The lowest BCUT2D eigenvalue weighted by atomic mass is 10.2. The van der Waals surface area contributed by atoms with Gasteiger partial charge in [-0.05, 0) is 48.5 Å². The number of carbonyl (C=O) groups excluding carboxylic acids is 1. The molecular formula is C19H16N2O4. The van der Waals surface area contributed by atoms with Gasteiger partial charge in [-0.1, -0.05) is 18.2 Å². The zero-order chi connectivity index (χ0) is 17.6. The van der Waals surface area contributed by atoms with E-state index in [4.69, 9.17) is 4.74 Å². The molecule has 2 amide bonds. The smallest absolute Gasteiger partial charge is 0.323 e. The first kappa shape index (κ1) is 16.2. The number of urea groups is 1. The molecule has 0 aliphatic carbocycles. The van der Waals surface area contributed by atoms with E-state index in [1.165, 1.54) is 12.1 Å². The minimum Gasteiger partial charge on any atom is -0.508 e. The maximum absolute atomic E-state index is 12.0. The molecule has 4 N–H and O–H groups in total. The molecule has 0 saturated carbocycles. The van der Waals surface area contributed by atoms with Crippen molar-refractivity contribution in [3.63, 3.8) is 0 Å². The zero-order valence-corrected chi connectivity index (χ0v) is 13.1. The third kappa shape index (κ3) is 4.42. The van der Waals surface area contributed by atoms with Crippen LogP contribution in [0.4, 0.5) is 16.2 Å². The number of phenolic OH excluding ortho intramolecular Hbond substituents is 2. The zero-order valence-electron chi connectivity index (χ0n) is 13.1. The van der Waals surface area contributed by atoms with Gasteiger partial charge in [0.05, 0.1) is 5.69 Å². The number of anilines is 2. The van der Waals surface area contributed by atoms with E-state index in [1.54, 1.807) is 24.3 Å². The van der Waals surface area contributed by atoms with E-state index in [2.05, 4.69) is 10.6 Å². The standard InChI is InChI=1S/C19H16N2O4/c22-14-8-11-17(18(23)12-14)21-19(24)20-13-6-9-16(10-7-13)25-15-4-2-1-3-5-15/h1-12,22-23H,(H2,20,21,24). The molecular weight excluding hydrogens is 320 g/mol. The molecule has 3 rings (SSSR count). The first-order chi connectivity index (χ1) is 12.1. The third-order valence-electron chi connectivity index (χ3n) is 3.32. The number of para-hydroxylation sites is 1. The Balaban J connectivity index is 1.60. The summed E-state index contributed by atoms with van der Waals surface area (Å²) in [5.74, 6) is 1.07. The molecule has 6 heteroatoms. The third-order valence-corrected chi connectivity index (χ3v) is 3.32. The Hall–Kier alpha value is -3.67. The van der Waals surface area contributed by atoms with Gasteiger partial charge in [0.25, 0.3) is 0 Å². The number of carbonyl (C=O) groups is 1. The molecule has 0 spiro atoms. The average Bonchev–Trinajstić information content (AvgIpc) is 2.60. The van der Waals surface area contributed by atoms with Crippen LogP contribution in [0.5, 0.6) is 23.0 Å². The van der Waals surface area contributed by atoms with Crippen LogP contribution in [-0.2, 0) is 0 Å². The molecule has 0 aromatic heterocycles. The second-order valence-electron chi connectivity index (χ2n) is 5.22. The summed E-state index contributed by atoms with van der Waals surface area (Å²) in [5, 5.41) is 24.0. The molecule has 0 aliphatic heterocycles. The summed E-state index contributed by atoms with van der Waals surface area (Å²) < 4.78 is 5.68. The van der Waals surface area contributed by atoms with E-state index < -0.39 is 6.03 Å². The summed E-state index contributed by atoms with van der Waals surface area (Å²) in [7, 11) is 0. The van der Waals surface area contributed by atoms with Crippen LogP contribution in [0.3, 0.4) is 0 Å². The van der Waals surface area contributed by atoms with Crippen LogP contribution in [-0.4, -0.2) is 16.2 Å². The summed E-state index contributed by atoms with van der Waals surface area (Å²) in [6.45, 7) is 0. The first-order valence-corrected chi connectivity index (χ1v) is 7.53. The quantitative estimate of drug-likeness (QED) is 0.416. The minimum atomic E-state index is -0.516. The summed E-state index contributed by atoms with van der Waals surface area (Å²) in [6, 6.07) is 19.7. The fourth-order valence-electron chi connectivity index (χ4n) is 2.14. The van der Waals surface area contributed by atoms with Crippen molar-refractivity contribution in [3.05, 3.63) is 72.8 Å². The van der Waals surface area contributed by atoms with E-state index in [9.17, 15) is 15.0 Å². The minimum absolute atomic E-state index is 0.0857. The number of aromatic hydroxyl groups is 2. The van der Waals surface area contributed by atoms with Crippen LogP contribution in [0.1, 0.15) is 0 Å². The van der Waals surface area contributed by atoms with E-state index in [0.29, 0.717) is 11.4 Å². The number of amides is 2. The van der Waals surface area contributed by atoms with Gasteiger partial charge in [-0.15, -0.1) is 0 Å². The van der Waals surface area contributed by atoms with E-state index in [0.717, 1.165) is 11.8 Å². The summed E-state index contributed by atoms with van der Waals surface area (Å²) in [4.78, 5) is 12.0. The van der Waals surface area contributed by atoms with Crippen LogP contribution >= 0.6 is 0 Å². The molecule has 6 nitrogen and oxygen atoms in total. The number of ether oxygens (including phenoxy) is 1. The molecule has 3 aromatic rings. The fourth-order valence-corrected chi connectivity index (χ4v) is 2.14. The Kier molecular flexibility index (Phi) is 4.71. The Morgan fingerprint density at radius 1 is 0.800 bits per heavy atom. The molecule has 3 aromatic carbocycles. The molecule has 25 heavy (non-hydrogen) atoms. The molecule has 0 unspecified atom stereocenters. The van der Waals surface area contributed by atoms with Gasteiger partial charge in [-0.25, -0.2) is 4.79 Å². The maximum atomic E-state index is 12.0. The number of rotatable bonds is 4. The predicted octanol–water partition coefficient (Wildman–Crippen LogP) is 4.53. The number of benzene rings is 3. The second-order valence-corrected chi connectivity index (χ2v) is 5.22. The highest BCUT2D eigenvalue weighted by Crippen LogP contribution is 2.27. The predicted molar refractivity (Wildman–Crippen MR) is 95.4 cm³/mol. The van der Waals surface area contributed by atoms with Crippen molar-refractivity contribution in [2.24, 2.45) is 0 Å². The lowest BCUT2D eigenvalue weighted by Gasteiger charge is -2.10. The molecule has 0 heterocycles. The fraction of sp³-hybridized carbons (Fsp3) is 0. The van der Waals surface area contributed by atoms with Crippen LogP contribution in [0.25, 0.3) is 0 Å². The number of hydrogen-bond donors (Lipinski definition) is 4. The molecule has 126 valence electrons. The van der Waals surface area contributed by atoms with Gasteiger partial charge in [0.1, 0.15) is 23.0 Å². The van der Waals surface area contributed by atoms with Crippen molar-refractivity contribution in [1.29, 1.82) is 0 Å².